The number of rotatable bonds is 9. The monoisotopic (exact) mass is 477 g/mol. The zero-order valence-corrected chi connectivity index (χ0v) is 20.9. The summed E-state index contributed by atoms with van der Waals surface area (Å²) in [5.41, 5.74) is 0.711. The molecule has 6 nitrogen and oxygen atoms in total. The number of likely N-dealkylation sites (N-methyl/N-ethyl adjacent to an activating group) is 1. The molecule has 0 unspecified atom stereocenters. The Hall–Kier alpha value is -2.96. The molecule has 1 aromatic heterocycles. The van der Waals surface area contributed by atoms with Crippen LogP contribution in [0.5, 0.6) is 0 Å². The predicted octanol–water partition coefficient (Wildman–Crippen LogP) is 5.49. The number of nitrogens with zero attached hydrogens (tertiary/aromatic N) is 2. The molecule has 35 heavy (non-hydrogen) atoms. The van der Waals surface area contributed by atoms with Crippen LogP contribution < -0.4 is 0 Å². The third-order valence-electron chi connectivity index (χ3n) is 7.16. The van der Waals surface area contributed by atoms with Crippen molar-refractivity contribution in [1.29, 1.82) is 0 Å². The van der Waals surface area contributed by atoms with Gasteiger partial charge in [0.2, 0.25) is 5.89 Å². The van der Waals surface area contributed by atoms with Crippen LogP contribution in [0.4, 0.5) is 4.79 Å². The number of oxazole rings is 1. The fourth-order valence-electron chi connectivity index (χ4n) is 4.90. The van der Waals surface area contributed by atoms with Crippen molar-refractivity contribution < 1.29 is 23.5 Å². The summed E-state index contributed by atoms with van der Waals surface area (Å²) in [7, 11) is 3.68. The Bertz CT molecular complexity index is 1070. The van der Waals surface area contributed by atoms with E-state index in [-0.39, 0.29) is 16.5 Å². The first-order valence-corrected chi connectivity index (χ1v) is 12.7. The number of aliphatic hydroxyl groups is 1. The molecule has 0 spiro atoms. The number of hydrogen-bond acceptors (Lipinski definition) is 5. The van der Waals surface area contributed by atoms with Gasteiger partial charge in [-0.1, -0.05) is 79.9 Å². The van der Waals surface area contributed by atoms with E-state index in [1.807, 2.05) is 74.8 Å². The number of carbonyl (C=O) groups is 1. The lowest BCUT2D eigenvalue weighted by Gasteiger charge is -2.36. The van der Waals surface area contributed by atoms with Crippen molar-refractivity contribution in [1.82, 2.24) is 4.98 Å². The lowest BCUT2D eigenvalue weighted by Crippen LogP contribution is -2.47. The maximum Gasteiger partial charge on any atom is 0.515 e. The van der Waals surface area contributed by atoms with Gasteiger partial charge in [0, 0.05) is 12.3 Å². The molecule has 6 heteroatoms. The summed E-state index contributed by atoms with van der Waals surface area (Å²) >= 11 is 0. The fourth-order valence-corrected chi connectivity index (χ4v) is 4.90. The Kier molecular flexibility index (Phi) is 8.04. The van der Waals surface area contributed by atoms with E-state index >= 15 is 0 Å². The van der Waals surface area contributed by atoms with Crippen molar-refractivity contribution in [2.45, 2.75) is 50.5 Å². The molecule has 1 fully saturated rings. The van der Waals surface area contributed by atoms with E-state index in [0.29, 0.717) is 37.6 Å². The van der Waals surface area contributed by atoms with Crippen LogP contribution in [0.25, 0.3) is 0 Å². The lowest BCUT2D eigenvalue weighted by molar-refractivity contribution is -0.817. The topological polar surface area (TPSA) is 72.6 Å². The average molecular weight is 478 g/mol. The highest BCUT2D eigenvalue weighted by Gasteiger charge is 2.44. The summed E-state index contributed by atoms with van der Waals surface area (Å²) in [6, 6.07) is 19.7. The summed E-state index contributed by atoms with van der Waals surface area (Å²) in [4.78, 5) is 17.2. The zero-order chi connectivity index (χ0) is 24.7. The number of ether oxygens (including phenoxy) is 1. The van der Waals surface area contributed by atoms with E-state index in [4.69, 9.17) is 9.15 Å². The molecular weight excluding hydrogens is 440 g/mol. The quantitative estimate of drug-likeness (QED) is 0.413. The van der Waals surface area contributed by atoms with E-state index in [2.05, 4.69) is 4.98 Å². The third-order valence-corrected chi connectivity index (χ3v) is 7.16. The molecule has 0 radical (unpaired) electrons. The van der Waals surface area contributed by atoms with Gasteiger partial charge in [-0.25, -0.2) is 9.47 Å². The first kappa shape index (κ1) is 25.1. The van der Waals surface area contributed by atoms with Crippen LogP contribution in [0, 0.1) is 5.92 Å². The van der Waals surface area contributed by atoms with Gasteiger partial charge in [0.15, 0.2) is 5.60 Å². The summed E-state index contributed by atoms with van der Waals surface area (Å²) in [5, 5.41) is 12.0. The highest BCUT2D eigenvalue weighted by molar-refractivity contribution is 5.59. The third kappa shape index (κ3) is 6.00. The van der Waals surface area contributed by atoms with Crippen molar-refractivity contribution >= 4 is 6.09 Å². The van der Waals surface area contributed by atoms with Crippen LogP contribution in [0.3, 0.4) is 0 Å². The van der Waals surface area contributed by atoms with E-state index in [9.17, 15) is 9.90 Å². The summed E-state index contributed by atoms with van der Waals surface area (Å²) in [6.07, 6.45) is 7.92. The van der Waals surface area contributed by atoms with E-state index in [1.54, 1.807) is 6.20 Å². The zero-order valence-electron chi connectivity index (χ0n) is 20.9. The number of hydrogen-bond donors (Lipinski definition) is 1. The second kappa shape index (κ2) is 11.2. The Balaban J connectivity index is 1.40. The Morgan fingerprint density at radius 3 is 2.37 bits per heavy atom. The van der Waals surface area contributed by atoms with Crippen LogP contribution in [-0.4, -0.2) is 47.9 Å². The average Bonchev–Trinajstić information content (AvgIpc) is 3.38. The minimum absolute atomic E-state index is 0.0666. The van der Waals surface area contributed by atoms with Crippen LogP contribution in [0.2, 0.25) is 0 Å². The van der Waals surface area contributed by atoms with Gasteiger partial charge >= 0.3 is 6.09 Å². The van der Waals surface area contributed by atoms with Crippen LogP contribution in [0.1, 0.15) is 54.9 Å². The molecular formula is C29H37N2O4+. The standard InChI is InChI=1S/C29H37N2O4/c1-31(2,28(32)34-21-19-23-12-6-3-7-13-23)20-18-26-22-30-27(35-26)29(33,24-14-8-4-9-15-24)25-16-10-5-11-17-25/h3-4,6-9,12-15,22,25,33H,5,10-11,16-21H2,1-2H3/q+1/t29-/m0/s1. The molecule has 186 valence electrons. The second-order valence-corrected chi connectivity index (χ2v) is 10.1. The van der Waals surface area contributed by atoms with Gasteiger partial charge in [0.1, 0.15) is 12.4 Å². The van der Waals surface area contributed by atoms with E-state index in [1.165, 1.54) is 6.42 Å². The number of carbonyl (C=O) groups excluding carboxylic acids is 1. The Labute approximate surface area is 208 Å². The summed E-state index contributed by atoms with van der Waals surface area (Å²) < 4.78 is 11.8. The van der Waals surface area contributed by atoms with Crippen molar-refractivity contribution in [2.24, 2.45) is 5.92 Å². The van der Waals surface area contributed by atoms with Crippen molar-refractivity contribution in [3.05, 3.63) is 89.6 Å². The van der Waals surface area contributed by atoms with Gasteiger partial charge in [-0.2, -0.15) is 4.79 Å². The molecule has 1 N–H and O–H groups in total. The minimum atomic E-state index is -1.25. The minimum Gasteiger partial charge on any atom is -0.442 e. The molecule has 0 saturated heterocycles. The van der Waals surface area contributed by atoms with E-state index < -0.39 is 5.60 Å². The van der Waals surface area contributed by atoms with Crippen LogP contribution >= 0.6 is 0 Å². The number of amides is 1. The van der Waals surface area contributed by atoms with Crippen molar-refractivity contribution in [3.63, 3.8) is 0 Å². The van der Waals surface area contributed by atoms with Gasteiger partial charge in [0.25, 0.3) is 0 Å². The highest BCUT2D eigenvalue weighted by atomic mass is 16.6. The Morgan fingerprint density at radius 2 is 1.69 bits per heavy atom. The van der Waals surface area contributed by atoms with Gasteiger partial charge < -0.3 is 14.3 Å². The number of aromatic nitrogens is 1. The first-order valence-electron chi connectivity index (χ1n) is 12.7. The summed E-state index contributed by atoms with van der Waals surface area (Å²) in [5.74, 6) is 1.08. The molecule has 0 aliphatic heterocycles. The largest absolute Gasteiger partial charge is 0.515 e. The molecule has 3 aromatic rings. The van der Waals surface area contributed by atoms with Crippen LogP contribution in [0.15, 0.2) is 71.3 Å². The fraction of sp³-hybridized carbons (Fsp3) is 0.448. The van der Waals surface area contributed by atoms with Gasteiger partial charge in [-0.3, -0.25) is 0 Å². The maximum absolute atomic E-state index is 12.7. The first-order chi connectivity index (χ1) is 16.9. The molecule has 1 amide bonds. The normalized spacial score (nSPS) is 16.5. The molecule has 1 saturated carbocycles. The maximum atomic E-state index is 12.7. The Morgan fingerprint density at radius 1 is 1.03 bits per heavy atom. The van der Waals surface area contributed by atoms with Gasteiger partial charge in [-0.15, -0.1) is 0 Å². The van der Waals surface area contributed by atoms with E-state index in [0.717, 1.165) is 36.8 Å². The molecule has 1 aliphatic rings. The molecule has 2 aromatic carbocycles. The molecule has 1 heterocycles. The molecule has 0 bridgehead atoms. The number of benzene rings is 2. The summed E-state index contributed by atoms with van der Waals surface area (Å²) in [6.45, 7) is 0.856. The van der Waals surface area contributed by atoms with Gasteiger partial charge in [0.05, 0.1) is 33.3 Å². The molecule has 1 aliphatic carbocycles. The van der Waals surface area contributed by atoms with Crippen molar-refractivity contribution in [2.75, 3.05) is 27.2 Å². The van der Waals surface area contributed by atoms with Crippen molar-refractivity contribution in [3.8, 4) is 0 Å². The highest BCUT2D eigenvalue weighted by Crippen LogP contribution is 2.43. The molecule has 4 rings (SSSR count). The SMILES string of the molecule is C[N+](C)(CCc1cnc([C@](O)(c2ccccc2)C2CCCCC2)o1)C(=O)OCCc1ccccc1. The number of quaternary nitrogens is 1. The second-order valence-electron chi connectivity index (χ2n) is 10.1. The van der Waals surface area contributed by atoms with Crippen LogP contribution in [-0.2, 0) is 23.2 Å². The molecule has 1 atom stereocenters. The smallest absolute Gasteiger partial charge is 0.442 e. The lowest BCUT2D eigenvalue weighted by atomic mass is 9.73. The predicted molar refractivity (Wildman–Crippen MR) is 135 cm³/mol. The van der Waals surface area contributed by atoms with Gasteiger partial charge in [-0.05, 0) is 24.0 Å².